The highest BCUT2D eigenvalue weighted by atomic mass is 16.6. The van der Waals surface area contributed by atoms with Crippen molar-refractivity contribution in [3.8, 4) is 0 Å². The summed E-state index contributed by atoms with van der Waals surface area (Å²) in [5, 5.41) is 18.1. The fourth-order valence-corrected chi connectivity index (χ4v) is 3.46. The molecule has 1 atom stereocenters. The normalized spacial score (nSPS) is 12.7. The summed E-state index contributed by atoms with van der Waals surface area (Å²) < 4.78 is 10.6. The molecule has 0 amide bonds. The highest BCUT2D eigenvalue weighted by Crippen LogP contribution is 2.10. The molecule has 0 fully saturated rings. The number of aliphatic hydroxyl groups is 2. The summed E-state index contributed by atoms with van der Waals surface area (Å²) in [7, 11) is 1.86. The Balaban J connectivity index is 3.30. The maximum Gasteiger partial charge on any atom is 0.305 e. The molecule has 6 nitrogen and oxygen atoms in total. The fraction of sp³-hybridized carbons (Fsp3) is 0.885. The molecule has 190 valence electrons. The van der Waals surface area contributed by atoms with E-state index in [0.29, 0.717) is 32.7 Å². The number of aliphatic hydroxyl groups excluding tert-OH is 2. The fourth-order valence-electron chi connectivity index (χ4n) is 3.46. The van der Waals surface area contributed by atoms with Crippen molar-refractivity contribution in [3.05, 3.63) is 12.2 Å². The zero-order valence-corrected chi connectivity index (χ0v) is 20.9. The van der Waals surface area contributed by atoms with Crippen LogP contribution >= 0.6 is 0 Å². The van der Waals surface area contributed by atoms with Crippen LogP contribution in [-0.2, 0) is 14.3 Å². The molecule has 32 heavy (non-hydrogen) atoms. The molecule has 0 radical (unpaired) electrons. The van der Waals surface area contributed by atoms with E-state index >= 15 is 0 Å². The van der Waals surface area contributed by atoms with Crippen LogP contribution in [-0.4, -0.2) is 73.8 Å². The number of carbonyl (C=O) groups is 1. The molecule has 0 rings (SSSR count). The van der Waals surface area contributed by atoms with Crippen molar-refractivity contribution >= 4 is 5.97 Å². The molecule has 0 aliphatic rings. The second-order valence-electron chi connectivity index (χ2n) is 8.77. The summed E-state index contributed by atoms with van der Waals surface area (Å²) in [6.07, 6.45) is 20.7. The lowest BCUT2D eigenvalue weighted by Gasteiger charge is -2.19. The van der Waals surface area contributed by atoms with Gasteiger partial charge in [0.05, 0.1) is 25.9 Å². The molecule has 0 heterocycles. The number of hydrogen-bond donors (Lipinski definition) is 2. The molecule has 1 unspecified atom stereocenters. The maximum absolute atomic E-state index is 11.7. The Bertz CT molecular complexity index is 430. The first-order chi connectivity index (χ1) is 15.6. The molecule has 0 aromatic heterocycles. The third-order valence-electron chi connectivity index (χ3n) is 5.48. The number of likely N-dealkylation sites (N-methyl/N-ethyl adjacent to an activating group) is 1. The van der Waals surface area contributed by atoms with E-state index in [0.717, 1.165) is 12.8 Å². The first-order valence-corrected chi connectivity index (χ1v) is 13.0. The van der Waals surface area contributed by atoms with Crippen molar-refractivity contribution in [1.82, 2.24) is 4.90 Å². The van der Waals surface area contributed by atoms with Gasteiger partial charge in [-0.3, -0.25) is 4.79 Å². The molecule has 0 aliphatic heterocycles. The van der Waals surface area contributed by atoms with Crippen molar-refractivity contribution < 1.29 is 24.5 Å². The van der Waals surface area contributed by atoms with Crippen LogP contribution in [0.5, 0.6) is 0 Å². The first kappa shape index (κ1) is 31.0. The van der Waals surface area contributed by atoms with Crippen LogP contribution in [0, 0.1) is 0 Å². The van der Waals surface area contributed by atoms with E-state index in [-0.39, 0.29) is 19.2 Å². The Hall–Kier alpha value is -0.950. The van der Waals surface area contributed by atoms with Crippen LogP contribution in [0.4, 0.5) is 0 Å². The minimum absolute atomic E-state index is 0.144. The number of hydrogen-bond acceptors (Lipinski definition) is 6. The molecule has 0 bridgehead atoms. The monoisotopic (exact) mass is 457 g/mol. The first-order valence-electron chi connectivity index (χ1n) is 13.0. The standard InChI is InChI=1S/C26H51NO5/c1-3-4-5-6-7-8-9-10-11-12-13-14-15-16-17-18-26(30)32-22-21-31-20-19-27(2)23-25(29)24-28/h10-11,25,28-29H,3-9,12-24H2,1-2H3/b11-10-. The van der Waals surface area contributed by atoms with Gasteiger partial charge in [-0.2, -0.15) is 0 Å². The number of carbonyl (C=O) groups excluding carboxylic acids is 1. The molecule has 2 N–H and O–H groups in total. The van der Waals surface area contributed by atoms with Gasteiger partial charge in [0.1, 0.15) is 6.61 Å². The van der Waals surface area contributed by atoms with E-state index in [1.165, 1.54) is 70.6 Å². The lowest BCUT2D eigenvalue weighted by Crippen LogP contribution is -2.33. The summed E-state index contributed by atoms with van der Waals surface area (Å²) >= 11 is 0. The van der Waals surface area contributed by atoms with Gasteiger partial charge >= 0.3 is 5.97 Å². The predicted molar refractivity (Wildman–Crippen MR) is 132 cm³/mol. The molecular weight excluding hydrogens is 406 g/mol. The summed E-state index contributed by atoms with van der Waals surface area (Å²) in [6, 6.07) is 0. The van der Waals surface area contributed by atoms with Gasteiger partial charge in [-0.25, -0.2) is 0 Å². The van der Waals surface area contributed by atoms with Gasteiger partial charge in [0, 0.05) is 19.5 Å². The van der Waals surface area contributed by atoms with E-state index < -0.39 is 6.10 Å². The largest absolute Gasteiger partial charge is 0.463 e. The van der Waals surface area contributed by atoms with Gasteiger partial charge in [0.2, 0.25) is 0 Å². The molecular formula is C26H51NO5. The summed E-state index contributed by atoms with van der Waals surface area (Å²) in [5.41, 5.74) is 0. The Kier molecular flexibility index (Phi) is 24.0. The van der Waals surface area contributed by atoms with Crippen LogP contribution < -0.4 is 0 Å². The third-order valence-corrected chi connectivity index (χ3v) is 5.48. The number of unbranched alkanes of at least 4 members (excludes halogenated alkanes) is 11. The second-order valence-corrected chi connectivity index (χ2v) is 8.77. The number of allylic oxidation sites excluding steroid dienone is 2. The highest BCUT2D eigenvalue weighted by molar-refractivity contribution is 5.69. The van der Waals surface area contributed by atoms with Crippen molar-refractivity contribution in [2.75, 3.05) is 46.6 Å². The average molecular weight is 458 g/mol. The molecule has 0 spiro atoms. The predicted octanol–water partition coefficient (Wildman–Crippen LogP) is 4.87. The van der Waals surface area contributed by atoms with Crippen molar-refractivity contribution in [3.63, 3.8) is 0 Å². The molecule has 0 aromatic rings. The highest BCUT2D eigenvalue weighted by Gasteiger charge is 2.06. The van der Waals surface area contributed by atoms with Crippen molar-refractivity contribution in [2.24, 2.45) is 0 Å². The van der Waals surface area contributed by atoms with Crippen LogP contribution in [0.3, 0.4) is 0 Å². The Morgan fingerprint density at radius 3 is 2.09 bits per heavy atom. The third kappa shape index (κ3) is 23.7. The van der Waals surface area contributed by atoms with Gasteiger partial charge < -0.3 is 24.6 Å². The van der Waals surface area contributed by atoms with Crippen LogP contribution in [0.2, 0.25) is 0 Å². The van der Waals surface area contributed by atoms with Gasteiger partial charge in [-0.15, -0.1) is 0 Å². The average Bonchev–Trinajstić information content (AvgIpc) is 2.78. The van der Waals surface area contributed by atoms with Gasteiger partial charge in [0.15, 0.2) is 0 Å². The number of esters is 1. The maximum atomic E-state index is 11.7. The van der Waals surface area contributed by atoms with E-state index in [2.05, 4.69) is 19.1 Å². The Morgan fingerprint density at radius 1 is 0.875 bits per heavy atom. The molecule has 0 saturated heterocycles. The minimum Gasteiger partial charge on any atom is -0.463 e. The van der Waals surface area contributed by atoms with Gasteiger partial charge in [0.25, 0.3) is 0 Å². The minimum atomic E-state index is -0.725. The van der Waals surface area contributed by atoms with E-state index in [9.17, 15) is 9.90 Å². The van der Waals surface area contributed by atoms with Crippen LogP contribution in [0.15, 0.2) is 12.2 Å². The summed E-state index contributed by atoms with van der Waals surface area (Å²) in [5.74, 6) is -0.144. The number of ether oxygens (including phenoxy) is 2. The van der Waals surface area contributed by atoms with E-state index in [4.69, 9.17) is 14.6 Å². The van der Waals surface area contributed by atoms with Gasteiger partial charge in [-0.1, -0.05) is 70.4 Å². The lowest BCUT2D eigenvalue weighted by molar-refractivity contribution is -0.145. The van der Waals surface area contributed by atoms with E-state index in [1.807, 2.05) is 11.9 Å². The number of nitrogens with zero attached hydrogens (tertiary/aromatic N) is 1. The molecule has 0 saturated carbocycles. The molecule has 0 aromatic carbocycles. The number of rotatable bonds is 24. The smallest absolute Gasteiger partial charge is 0.305 e. The molecule has 6 heteroatoms. The Labute approximate surface area is 197 Å². The van der Waals surface area contributed by atoms with Crippen LogP contribution in [0.1, 0.15) is 96.8 Å². The SMILES string of the molecule is CCCCCCCC/C=C\CCCCCCCC(=O)OCCOCCN(C)CC(O)CO. The van der Waals surface area contributed by atoms with Crippen molar-refractivity contribution in [2.45, 2.75) is 103 Å². The topological polar surface area (TPSA) is 79.2 Å². The second kappa shape index (κ2) is 24.7. The van der Waals surface area contributed by atoms with Crippen LogP contribution in [0.25, 0.3) is 0 Å². The summed E-state index contributed by atoms with van der Waals surface area (Å²) in [6.45, 7) is 4.25. The zero-order valence-electron chi connectivity index (χ0n) is 20.9. The summed E-state index contributed by atoms with van der Waals surface area (Å²) in [4.78, 5) is 13.6. The lowest BCUT2D eigenvalue weighted by atomic mass is 10.1. The van der Waals surface area contributed by atoms with E-state index in [1.54, 1.807) is 0 Å². The quantitative estimate of drug-likeness (QED) is 0.122. The molecule has 0 aliphatic carbocycles. The zero-order chi connectivity index (χ0) is 23.7. The van der Waals surface area contributed by atoms with Crippen molar-refractivity contribution in [1.29, 1.82) is 0 Å². The van der Waals surface area contributed by atoms with Gasteiger partial charge in [-0.05, 0) is 39.2 Å². The Morgan fingerprint density at radius 2 is 1.47 bits per heavy atom.